The minimum absolute atomic E-state index is 0.653. The van der Waals surface area contributed by atoms with Crippen LogP contribution in [0.4, 0.5) is 0 Å². The summed E-state index contributed by atoms with van der Waals surface area (Å²) in [5.74, 6) is 1.87. The van der Waals surface area contributed by atoms with E-state index < -0.39 is 0 Å². The molecule has 116 valence electrons. The molecule has 0 unspecified atom stereocenters. The first-order chi connectivity index (χ1) is 10.9. The molecule has 5 heteroatoms. The van der Waals surface area contributed by atoms with Crippen molar-refractivity contribution in [1.29, 1.82) is 0 Å². The van der Waals surface area contributed by atoms with Crippen LogP contribution in [0, 0.1) is 5.92 Å². The van der Waals surface area contributed by atoms with E-state index in [1.54, 1.807) is 0 Å². The number of fused-ring (bicyclic) bond motifs is 4. The highest BCUT2D eigenvalue weighted by Gasteiger charge is 2.34. The van der Waals surface area contributed by atoms with Crippen molar-refractivity contribution >= 4 is 0 Å². The molecular formula is C17H23N5. The summed E-state index contributed by atoms with van der Waals surface area (Å²) >= 11 is 0. The average molecular weight is 297 g/mol. The molecule has 3 aliphatic rings. The molecule has 5 nitrogen and oxygen atoms in total. The molecule has 2 aromatic rings. The Kier molecular flexibility index (Phi) is 3.91. The third kappa shape index (κ3) is 3.05. The molecule has 5 rings (SSSR count). The molecular weight excluding hydrogens is 274 g/mol. The molecule has 5 heterocycles. The zero-order valence-electron chi connectivity index (χ0n) is 12.9. The molecule has 0 amide bonds. The Balaban J connectivity index is 1.44. The van der Waals surface area contributed by atoms with Crippen LogP contribution in [0.3, 0.4) is 0 Å². The number of hydrogen-bond acceptors (Lipinski definition) is 4. The van der Waals surface area contributed by atoms with E-state index >= 15 is 0 Å². The number of nitrogens with one attached hydrogen (secondary N) is 1. The minimum atomic E-state index is 0.653. The smallest absolute Gasteiger partial charge is 0.120 e. The Morgan fingerprint density at radius 1 is 1.14 bits per heavy atom. The van der Waals surface area contributed by atoms with Crippen LogP contribution >= 0.6 is 0 Å². The second kappa shape index (κ2) is 6.18. The van der Waals surface area contributed by atoms with E-state index in [2.05, 4.69) is 30.8 Å². The fraction of sp³-hybridized carbons (Fsp3) is 0.529. The Bertz CT molecular complexity index is 582. The van der Waals surface area contributed by atoms with Gasteiger partial charge in [-0.1, -0.05) is 6.07 Å². The van der Waals surface area contributed by atoms with Gasteiger partial charge in [0.2, 0.25) is 0 Å². The summed E-state index contributed by atoms with van der Waals surface area (Å²) in [6.45, 7) is 5.55. The van der Waals surface area contributed by atoms with Gasteiger partial charge in [-0.25, -0.2) is 4.98 Å². The molecule has 3 aliphatic heterocycles. The number of rotatable bonds is 4. The van der Waals surface area contributed by atoms with Crippen molar-refractivity contribution < 1.29 is 0 Å². The number of piperidine rings is 1. The Morgan fingerprint density at radius 3 is 2.95 bits per heavy atom. The first kappa shape index (κ1) is 13.9. The lowest BCUT2D eigenvalue weighted by Gasteiger charge is -2.35. The van der Waals surface area contributed by atoms with E-state index in [9.17, 15) is 0 Å². The molecule has 2 aromatic heterocycles. The van der Waals surface area contributed by atoms with Crippen LogP contribution in [0.2, 0.25) is 0 Å². The number of nitrogens with zero attached hydrogens (tertiary/aromatic N) is 4. The van der Waals surface area contributed by atoms with Crippen LogP contribution in [-0.2, 0) is 13.1 Å². The Morgan fingerprint density at radius 2 is 2.14 bits per heavy atom. The third-order valence-electron chi connectivity index (χ3n) is 4.94. The number of imidazole rings is 1. The highest BCUT2D eigenvalue weighted by Crippen LogP contribution is 2.29. The Hall–Kier alpha value is -1.72. The van der Waals surface area contributed by atoms with Crippen LogP contribution in [0.25, 0.3) is 0 Å². The van der Waals surface area contributed by atoms with Crippen LogP contribution in [-0.4, -0.2) is 50.4 Å². The van der Waals surface area contributed by atoms with Gasteiger partial charge >= 0.3 is 0 Å². The van der Waals surface area contributed by atoms with Gasteiger partial charge in [-0.05, 0) is 30.4 Å². The fourth-order valence-electron chi connectivity index (χ4n) is 3.93. The molecule has 3 fully saturated rings. The van der Waals surface area contributed by atoms with E-state index in [4.69, 9.17) is 0 Å². The van der Waals surface area contributed by atoms with Crippen molar-refractivity contribution in [3.63, 3.8) is 0 Å². The van der Waals surface area contributed by atoms with Crippen LogP contribution in [0.5, 0.6) is 0 Å². The molecule has 0 aromatic carbocycles. The molecule has 0 saturated carbocycles. The molecule has 0 spiro atoms. The Labute approximate surface area is 131 Å². The monoisotopic (exact) mass is 297 g/mol. The second-order valence-corrected chi connectivity index (χ2v) is 6.62. The van der Waals surface area contributed by atoms with E-state index in [1.165, 1.54) is 31.5 Å². The summed E-state index contributed by atoms with van der Waals surface area (Å²) in [6.07, 6.45) is 10.3. The lowest BCUT2D eigenvalue weighted by molar-refractivity contribution is 0.120. The molecule has 2 bridgehead atoms. The lowest BCUT2D eigenvalue weighted by Crippen LogP contribution is -2.43. The summed E-state index contributed by atoms with van der Waals surface area (Å²) in [4.78, 5) is 17.1. The van der Waals surface area contributed by atoms with Crippen molar-refractivity contribution in [2.75, 3.05) is 19.6 Å². The van der Waals surface area contributed by atoms with Gasteiger partial charge in [-0.3, -0.25) is 14.8 Å². The number of pyridine rings is 1. The second-order valence-electron chi connectivity index (χ2n) is 6.62. The normalized spacial score (nSPS) is 26.2. The van der Waals surface area contributed by atoms with Crippen molar-refractivity contribution in [2.24, 2.45) is 5.92 Å². The number of H-pyrrole nitrogens is 1. The van der Waals surface area contributed by atoms with Crippen molar-refractivity contribution in [3.8, 4) is 0 Å². The molecule has 3 saturated heterocycles. The zero-order valence-corrected chi connectivity index (χ0v) is 12.9. The quantitative estimate of drug-likeness (QED) is 0.936. The fourth-order valence-corrected chi connectivity index (χ4v) is 3.93. The number of aromatic nitrogens is 3. The van der Waals surface area contributed by atoms with E-state index in [1.807, 2.05) is 30.9 Å². The minimum Gasteiger partial charge on any atom is -0.348 e. The van der Waals surface area contributed by atoms with E-state index in [-0.39, 0.29) is 0 Å². The number of aromatic amines is 1. The van der Waals surface area contributed by atoms with Gasteiger partial charge in [0, 0.05) is 57.0 Å². The largest absolute Gasteiger partial charge is 0.348 e. The highest BCUT2D eigenvalue weighted by atomic mass is 15.3. The van der Waals surface area contributed by atoms with Gasteiger partial charge in [0.15, 0.2) is 0 Å². The molecule has 22 heavy (non-hydrogen) atoms. The molecule has 2 atom stereocenters. The maximum absolute atomic E-state index is 4.39. The summed E-state index contributed by atoms with van der Waals surface area (Å²) in [5.41, 5.74) is 1.32. The predicted octanol–water partition coefficient (Wildman–Crippen LogP) is 1.90. The maximum atomic E-state index is 4.39. The van der Waals surface area contributed by atoms with Gasteiger partial charge in [-0.15, -0.1) is 0 Å². The van der Waals surface area contributed by atoms with Crippen LogP contribution < -0.4 is 0 Å². The summed E-state index contributed by atoms with van der Waals surface area (Å²) in [6, 6.07) is 4.87. The van der Waals surface area contributed by atoms with Gasteiger partial charge in [0.1, 0.15) is 5.82 Å². The van der Waals surface area contributed by atoms with E-state index in [0.717, 1.165) is 31.4 Å². The molecule has 0 radical (unpaired) electrons. The topological polar surface area (TPSA) is 48.1 Å². The highest BCUT2D eigenvalue weighted by molar-refractivity contribution is 5.08. The standard InChI is InChI=1S/C17H23N5/c1-2-14(8-18-5-1)9-21-10-15-3-4-16(12-21)22(11-15)13-17-19-6-7-20-17/h1-2,5-8,15-16H,3-4,9-13H2,(H,19,20)/t15-,16+/m0/s1. The summed E-state index contributed by atoms with van der Waals surface area (Å²) in [5, 5.41) is 0. The average Bonchev–Trinajstić information content (AvgIpc) is 2.89. The van der Waals surface area contributed by atoms with Gasteiger partial charge in [-0.2, -0.15) is 0 Å². The molecule has 0 aliphatic carbocycles. The van der Waals surface area contributed by atoms with Crippen LogP contribution in [0.15, 0.2) is 36.9 Å². The van der Waals surface area contributed by atoms with Gasteiger partial charge in [0.05, 0.1) is 6.54 Å². The van der Waals surface area contributed by atoms with Gasteiger partial charge < -0.3 is 4.98 Å². The third-order valence-corrected chi connectivity index (χ3v) is 4.94. The lowest BCUT2D eigenvalue weighted by atomic mass is 9.95. The summed E-state index contributed by atoms with van der Waals surface area (Å²) < 4.78 is 0. The van der Waals surface area contributed by atoms with Crippen LogP contribution in [0.1, 0.15) is 24.2 Å². The predicted molar refractivity (Wildman–Crippen MR) is 85.0 cm³/mol. The number of hydrogen-bond donors (Lipinski definition) is 1. The van der Waals surface area contributed by atoms with Crippen molar-refractivity contribution in [3.05, 3.63) is 48.3 Å². The first-order valence-corrected chi connectivity index (χ1v) is 8.20. The SMILES string of the molecule is c1cncc(CN2C[C@@H]3CC[C@H](C2)N(Cc2ncc[nH]2)C3)c1. The van der Waals surface area contributed by atoms with Gasteiger partial charge in [0.25, 0.3) is 0 Å². The van der Waals surface area contributed by atoms with Crippen molar-refractivity contribution in [2.45, 2.75) is 32.0 Å². The molecule has 1 N–H and O–H groups in total. The van der Waals surface area contributed by atoms with E-state index in [0.29, 0.717) is 6.04 Å². The zero-order chi connectivity index (χ0) is 14.8. The summed E-state index contributed by atoms with van der Waals surface area (Å²) in [7, 11) is 0. The van der Waals surface area contributed by atoms with Crippen molar-refractivity contribution in [1.82, 2.24) is 24.8 Å². The first-order valence-electron chi connectivity index (χ1n) is 8.20. The maximum Gasteiger partial charge on any atom is 0.120 e.